The molecule has 3 heterocycles. The van der Waals surface area contributed by atoms with E-state index in [9.17, 15) is 5.11 Å². The van der Waals surface area contributed by atoms with Gasteiger partial charge in [-0.3, -0.25) is 4.68 Å². The first-order valence-electron chi connectivity index (χ1n) is 8.96. The molecule has 0 fully saturated rings. The Morgan fingerprint density at radius 2 is 2.00 bits per heavy atom. The van der Waals surface area contributed by atoms with Gasteiger partial charge in [0.25, 0.3) is 0 Å². The van der Waals surface area contributed by atoms with Gasteiger partial charge in [-0.1, -0.05) is 23.4 Å². The highest BCUT2D eigenvalue weighted by molar-refractivity contribution is 5.93. The molecule has 0 aliphatic carbocycles. The Morgan fingerprint density at radius 3 is 2.79 bits per heavy atom. The minimum absolute atomic E-state index is 0.00319. The molecule has 0 saturated heterocycles. The highest BCUT2D eigenvalue weighted by Gasteiger charge is 2.20. The van der Waals surface area contributed by atoms with Crippen LogP contribution in [-0.2, 0) is 12.1 Å². The van der Waals surface area contributed by atoms with Crippen LogP contribution in [0.2, 0.25) is 0 Å². The number of aryl methyl sites for hydroxylation is 1. The molecule has 0 bridgehead atoms. The molecule has 0 radical (unpaired) electrons. The summed E-state index contributed by atoms with van der Waals surface area (Å²) < 4.78 is 3.45. The summed E-state index contributed by atoms with van der Waals surface area (Å²) in [6, 6.07) is 7.80. The van der Waals surface area contributed by atoms with E-state index in [1.165, 1.54) is 0 Å². The second-order valence-electron chi connectivity index (χ2n) is 7.43. The lowest BCUT2D eigenvalue weighted by molar-refractivity contribution is 0.151. The molecule has 3 N–H and O–H groups in total. The number of aromatic nitrogens is 7. The predicted molar refractivity (Wildman–Crippen MR) is 105 cm³/mol. The maximum Gasteiger partial charge on any atom is 0.221 e. The summed E-state index contributed by atoms with van der Waals surface area (Å²) in [5.41, 5.74) is 9.39. The smallest absolute Gasteiger partial charge is 0.221 e. The van der Waals surface area contributed by atoms with Gasteiger partial charge in [0.2, 0.25) is 5.95 Å². The van der Waals surface area contributed by atoms with Crippen LogP contribution >= 0.6 is 0 Å². The molecule has 1 aromatic carbocycles. The van der Waals surface area contributed by atoms with Gasteiger partial charge in [-0.15, -0.1) is 5.10 Å². The Hall–Kier alpha value is -3.33. The summed E-state index contributed by atoms with van der Waals surface area (Å²) in [4.78, 5) is 8.73. The minimum Gasteiger partial charge on any atom is -0.394 e. The average Bonchev–Trinajstić information content (AvgIpc) is 3.32. The molecule has 0 unspecified atom stereocenters. The topological polar surface area (TPSA) is 121 Å². The van der Waals surface area contributed by atoms with E-state index in [-0.39, 0.29) is 12.6 Å². The zero-order chi connectivity index (χ0) is 19.9. The number of hydrogen-bond donors (Lipinski definition) is 2. The number of aliphatic hydroxyl groups excluding tert-OH is 1. The van der Waals surface area contributed by atoms with Gasteiger partial charge in [0, 0.05) is 11.6 Å². The van der Waals surface area contributed by atoms with Crippen molar-refractivity contribution in [2.75, 3.05) is 12.3 Å². The number of hydrogen-bond acceptors (Lipinski definition) is 7. The molecule has 0 aliphatic rings. The van der Waals surface area contributed by atoms with Crippen LogP contribution in [0.4, 0.5) is 5.95 Å². The van der Waals surface area contributed by atoms with Gasteiger partial charge in [-0.05, 0) is 32.4 Å². The third-order valence-electron chi connectivity index (χ3n) is 4.70. The second-order valence-corrected chi connectivity index (χ2v) is 7.43. The van der Waals surface area contributed by atoms with E-state index in [0.717, 1.165) is 22.2 Å². The third-order valence-corrected chi connectivity index (χ3v) is 4.70. The van der Waals surface area contributed by atoms with Gasteiger partial charge < -0.3 is 10.8 Å². The van der Waals surface area contributed by atoms with E-state index in [2.05, 4.69) is 25.4 Å². The molecule has 0 amide bonds. The van der Waals surface area contributed by atoms with Crippen molar-refractivity contribution in [3.8, 4) is 11.4 Å². The highest BCUT2D eigenvalue weighted by atomic mass is 16.3. The van der Waals surface area contributed by atoms with E-state index in [4.69, 9.17) is 5.73 Å². The van der Waals surface area contributed by atoms with Crippen molar-refractivity contribution >= 4 is 16.9 Å². The molecule has 144 valence electrons. The van der Waals surface area contributed by atoms with Crippen molar-refractivity contribution in [1.82, 2.24) is 34.7 Å². The SMILES string of the molecule is Cc1cccc2c(-c3cn(Cc4ccn(C(C)(C)CO)n4)nn3)nc(N)nc12. The van der Waals surface area contributed by atoms with Crippen LogP contribution in [0.1, 0.15) is 25.1 Å². The summed E-state index contributed by atoms with van der Waals surface area (Å²) in [5, 5.41) is 23.4. The molecule has 4 rings (SSSR count). The second kappa shape index (κ2) is 6.68. The largest absolute Gasteiger partial charge is 0.394 e. The summed E-state index contributed by atoms with van der Waals surface area (Å²) in [6.07, 6.45) is 3.67. The molecule has 4 aromatic rings. The maximum absolute atomic E-state index is 9.49. The third kappa shape index (κ3) is 3.20. The maximum atomic E-state index is 9.49. The molecular formula is C19H22N8O. The van der Waals surface area contributed by atoms with Crippen LogP contribution in [0.5, 0.6) is 0 Å². The van der Waals surface area contributed by atoms with Gasteiger partial charge >= 0.3 is 0 Å². The Bertz CT molecular complexity index is 1140. The summed E-state index contributed by atoms with van der Waals surface area (Å²) in [5.74, 6) is 0.205. The fourth-order valence-electron chi connectivity index (χ4n) is 3.01. The lowest BCUT2D eigenvalue weighted by Gasteiger charge is -2.22. The molecule has 28 heavy (non-hydrogen) atoms. The van der Waals surface area contributed by atoms with E-state index in [1.807, 2.05) is 57.4 Å². The molecule has 0 aliphatic heterocycles. The van der Waals surface area contributed by atoms with Crippen molar-refractivity contribution in [3.63, 3.8) is 0 Å². The lowest BCUT2D eigenvalue weighted by atomic mass is 10.1. The quantitative estimate of drug-likeness (QED) is 0.543. The number of para-hydroxylation sites is 1. The van der Waals surface area contributed by atoms with Crippen LogP contribution < -0.4 is 5.73 Å². The van der Waals surface area contributed by atoms with Gasteiger partial charge in [-0.2, -0.15) is 5.10 Å². The number of anilines is 1. The van der Waals surface area contributed by atoms with E-state index in [1.54, 1.807) is 9.36 Å². The molecular weight excluding hydrogens is 356 g/mol. The molecule has 0 atom stereocenters. The molecule has 9 nitrogen and oxygen atoms in total. The van der Waals surface area contributed by atoms with Gasteiger partial charge in [0.05, 0.1) is 36.1 Å². The number of rotatable bonds is 5. The monoisotopic (exact) mass is 378 g/mol. The van der Waals surface area contributed by atoms with E-state index >= 15 is 0 Å². The zero-order valence-electron chi connectivity index (χ0n) is 16.0. The van der Waals surface area contributed by atoms with Crippen molar-refractivity contribution < 1.29 is 5.11 Å². The average molecular weight is 378 g/mol. The fourth-order valence-corrected chi connectivity index (χ4v) is 3.01. The van der Waals surface area contributed by atoms with E-state index in [0.29, 0.717) is 17.9 Å². The normalized spacial score (nSPS) is 12.0. The van der Waals surface area contributed by atoms with Crippen molar-refractivity contribution in [3.05, 3.63) is 47.9 Å². The highest BCUT2D eigenvalue weighted by Crippen LogP contribution is 2.27. The first kappa shape index (κ1) is 18.1. The summed E-state index contributed by atoms with van der Waals surface area (Å²) in [7, 11) is 0. The first-order chi connectivity index (χ1) is 13.4. The molecule has 9 heteroatoms. The Kier molecular flexibility index (Phi) is 4.31. The zero-order valence-corrected chi connectivity index (χ0v) is 16.0. The number of nitrogen functional groups attached to an aromatic ring is 1. The van der Waals surface area contributed by atoms with Crippen molar-refractivity contribution in [1.29, 1.82) is 0 Å². The number of nitrogens with two attached hydrogens (primary N) is 1. The molecule has 0 spiro atoms. The van der Waals surface area contributed by atoms with Gasteiger partial charge in [0.15, 0.2) is 0 Å². The molecule has 3 aromatic heterocycles. The van der Waals surface area contributed by atoms with Crippen LogP contribution in [-0.4, -0.2) is 46.5 Å². The van der Waals surface area contributed by atoms with Crippen LogP contribution in [0.15, 0.2) is 36.7 Å². The number of fused-ring (bicyclic) bond motifs is 1. The van der Waals surface area contributed by atoms with Crippen LogP contribution in [0, 0.1) is 6.92 Å². The standard InChI is InChI=1S/C19H22N8O/c1-12-5-4-6-14-16(12)21-18(20)22-17(14)15-10-26(25-23-15)9-13-7-8-27(24-13)19(2,3)11-28/h4-8,10,28H,9,11H2,1-3H3,(H2,20,21,22). The van der Waals surface area contributed by atoms with Crippen molar-refractivity contribution in [2.24, 2.45) is 0 Å². The van der Waals surface area contributed by atoms with Gasteiger partial charge in [0.1, 0.15) is 11.4 Å². The number of benzene rings is 1. The fraction of sp³-hybridized carbons (Fsp3) is 0.316. The minimum atomic E-state index is -0.457. The Balaban J connectivity index is 1.66. The summed E-state index contributed by atoms with van der Waals surface area (Å²) >= 11 is 0. The first-order valence-corrected chi connectivity index (χ1v) is 8.96. The van der Waals surface area contributed by atoms with E-state index < -0.39 is 5.54 Å². The number of aliphatic hydroxyl groups is 1. The van der Waals surface area contributed by atoms with Crippen LogP contribution in [0.25, 0.3) is 22.3 Å². The number of nitrogens with zero attached hydrogens (tertiary/aromatic N) is 7. The summed E-state index contributed by atoms with van der Waals surface area (Å²) in [6.45, 7) is 6.29. The predicted octanol–water partition coefficient (Wildman–Crippen LogP) is 1.75. The van der Waals surface area contributed by atoms with Crippen molar-refractivity contribution in [2.45, 2.75) is 32.9 Å². The van der Waals surface area contributed by atoms with Crippen LogP contribution in [0.3, 0.4) is 0 Å². The molecule has 0 saturated carbocycles. The van der Waals surface area contributed by atoms with Gasteiger partial charge in [-0.25, -0.2) is 14.6 Å². The Morgan fingerprint density at radius 1 is 1.18 bits per heavy atom. The lowest BCUT2D eigenvalue weighted by Crippen LogP contribution is -2.31. The Labute approximate surface area is 161 Å².